The van der Waals surface area contributed by atoms with Crippen LogP contribution in [-0.4, -0.2) is 19.0 Å². The maximum Gasteiger partial charge on any atom is 0.188 e. The van der Waals surface area contributed by atoms with Crippen molar-refractivity contribution in [3.05, 3.63) is 71.3 Å². The van der Waals surface area contributed by atoms with Gasteiger partial charge in [-0.15, -0.1) is 0 Å². The number of nitrogens with two attached hydrogens (primary N) is 1. The molecule has 0 unspecified atom stereocenters. The molecule has 0 saturated heterocycles. The maximum atomic E-state index is 5.87. The third-order valence-corrected chi connectivity index (χ3v) is 3.37. The largest absolute Gasteiger partial charge is 0.370 e. The van der Waals surface area contributed by atoms with E-state index < -0.39 is 0 Å². The molecule has 0 aliphatic rings. The molecular weight excluding hydrogens is 258 g/mol. The molecule has 110 valence electrons. The molecule has 0 saturated carbocycles. The van der Waals surface area contributed by atoms with Gasteiger partial charge in [-0.05, 0) is 30.9 Å². The fourth-order valence-electron chi connectivity index (χ4n) is 2.10. The molecule has 0 heterocycles. The van der Waals surface area contributed by atoms with Crippen molar-refractivity contribution in [2.45, 2.75) is 19.8 Å². The molecule has 3 nitrogen and oxygen atoms in total. The second-order valence-corrected chi connectivity index (χ2v) is 5.16. The molecule has 0 atom stereocenters. The average Bonchev–Trinajstić information content (AvgIpc) is 2.50. The lowest BCUT2D eigenvalue weighted by Crippen LogP contribution is -2.33. The van der Waals surface area contributed by atoms with Gasteiger partial charge in [0, 0.05) is 13.1 Å². The van der Waals surface area contributed by atoms with Crippen LogP contribution >= 0.6 is 0 Å². The molecule has 0 aliphatic heterocycles. The van der Waals surface area contributed by atoms with Crippen molar-refractivity contribution in [3.8, 4) is 0 Å². The summed E-state index contributed by atoms with van der Waals surface area (Å²) in [6.07, 6.45) is 1.87. The van der Waals surface area contributed by atoms with E-state index in [0.29, 0.717) is 12.5 Å². The number of rotatable bonds is 6. The van der Waals surface area contributed by atoms with Crippen molar-refractivity contribution in [3.63, 3.8) is 0 Å². The molecule has 21 heavy (non-hydrogen) atoms. The van der Waals surface area contributed by atoms with E-state index in [4.69, 9.17) is 5.73 Å². The van der Waals surface area contributed by atoms with Gasteiger partial charge in [-0.1, -0.05) is 60.2 Å². The molecule has 0 aliphatic carbocycles. The summed E-state index contributed by atoms with van der Waals surface area (Å²) in [5.41, 5.74) is 9.74. The Labute approximate surface area is 126 Å². The van der Waals surface area contributed by atoms with Gasteiger partial charge in [-0.2, -0.15) is 0 Å². The summed E-state index contributed by atoms with van der Waals surface area (Å²) in [5, 5.41) is 3.15. The Balaban J connectivity index is 1.68. The van der Waals surface area contributed by atoms with Crippen LogP contribution < -0.4 is 11.1 Å². The summed E-state index contributed by atoms with van der Waals surface area (Å²) in [6, 6.07) is 18.9. The Morgan fingerprint density at radius 3 is 2.33 bits per heavy atom. The van der Waals surface area contributed by atoms with Crippen molar-refractivity contribution < 1.29 is 0 Å². The first kappa shape index (κ1) is 15.1. The van der Waals surface area contributed by atoms with E-state index >= 15 is 0 Å². The Morgan fingerprint density at radius 1 is 0.952 bits per heavy atom. The summed E-state index contributed by atoms with van der Waals surface area (Å²) in [5.74, 6) is 0.526. The van der Waals surface area contributed by atoms with Gasteiger partial charge in [0.05, 0.1) is 0 Å². The quantitative estimate of drug-likeness (QED) is 0.632. The zero-order chi connectivity index (χ0) is 14.9. The molecule has 0 amide bonds. The maximum absolute atomic E-state index is 5.87. The van der Waals surface area contributed by atoms with Crippen molar-refractivity contribution in [2.24, 2.45) is 10.7 Å². The van der Waals surface area contributed by atoms with Gasteiger partial charge in [-0.25, -0.2) is 0 Å². The summed E-state index contributed by atoms with van der Waals surface area (Å²) >= 11 is 0. The lowest BCUT2D eigenvalue weighted by molar-refractivity contribution is 0.844. The number of hydrogen-bond acceptors (Lipinski definition) is 1. The first-order valence-electron chi connectivity index (χ1n) is 7.37. The monoisotopic (exact) mass is 281 g/mol. The number of benzene rings is 2. The predicted molar refractivity (Wildman–Crippen MR) is 89.5 cm³/mol. The van der Waals surface area contributed by atoms with Gasteiger partial charge < -0.3 is 11.1 Å². The molecule has 2 rings (SSSR count). The number of aliphatic imine (C=N–C) groups is 1. The van der Waals surface area contributed by atoms with Crippen molar-refractivity contribution in [1.29, 1.82) is 0 Å². The van der Waals surface area contributed by atoms with Crippen LogP contribution in [0.2, 0.25) is 0 Å². The van der Waals surface area contributed by atoms with Crippen LogP contribution in [0.15, 0.2) is 59.6 Å². The van der Waals surface area contributed by atoms with Crippen LogP contribution in [-0.2, 0) is 12.8 Å². The average molecular weight is 281 g/mol. The van der Waals surface area contributed by atoms with E-state index in [2.05, 4.69) is 53.6 Å². The molecule has 0 bridgehead atoms. The normalized spacial score (nSPS) is 11.4. The second kappa shape index (κ2) is 8.10. The molecule has 2 aromatic rings. The summed E-state index contributed by atoms with van der Waals surface area (Å²) in [4.78, 5) is 4.36. The van der Waals surface area contributed by atoms with Gasteiger partial charge in [0.1, 0.15) is 0 Å². The summed E-state index contributed by atoms with van der Waals surface area (Å²) in [7, 11) is 0. The fraction of sp³-hybridized carbons (Fsp3) is 0.278. The number of aryl methyl sites for hydroxylation is 1. The Kier molecular flexibility index (Phi) is 5.83. The third-order valence-electron chi connectivity index (χ3n) is 3.37. The van der Waals surface area contributed by atoms with Crippen LogP contribution in [0.1, 0.15) is 16.7 Å². The lowest BCUT2D eigenvalue weighted by Gasteiger charge is -2.06. The highest BCUT2D eigenvalue weighted by molar-refractivity contribution is 5.77. The molecule has 0 radical (unpaired) electrons. The Bertz CT molecular complexity index is 559. The Morgan fingerprint density at radius 2 is 1.62 bits per heavy atom. The molecule has 0 aromatic heterocycles. The molecule has 0 fully saturated rings. The van der Waals surface area contributed by atoms with E-state index in [-0.39, 0.29) is 0 Å². The van der Waals surface area contributed by atoms with Crippen LogP contribution in [0.3, 0.4) is 0 Å². The van der Waals surface area contributed by atoms with Crippen LogP contribution in [0.25, 0.3) is 0 Å². The van der Waals surface area contributed by atoms with E-state index in [0.717, 1.165) is 19.4 Å². The van der Waals surface area contributed by atoms with E-state index in [1.165, 1.54) is 16.7 Å². The van der Waals surface area contributed by atoms with E-state index in [1.54, 1.807) is 0 Å². The zero-order valence-corrected chi connectivity index (χ0v) is 12.5. The fourth-order valence-corrected chi connectivity index (χ4v) is 2.10. The number of nitrogens with zero attached hydrogens (tertiary/aromatic N) is 1. The van der Waals surface area contributed by atoms with Crippen molar-refractivity contribution in [1.82, 2.24) is 5.32 Å². The Hall–Kier alpha value is -2.29. The summed E-state index contributed by atoms with van der Waals surface area (Å²) < 4.78 is 0. The van der Waals surface area contributed by atoms with Crippen LogP contribution in [0.4, 0.5) is 0 Å². The minimum atomic E-state index is 0.526. The molecule has 3 heteroatoms. The van der Waals surface area contributed by atoms with Crippen molar-refractivity contribution >= 4 is 5.96 Å². The van der Waals surface area contributed by atoms with Gasteiger partial charge >= 0.3 is 0 Å². The standard InChI is InChI=1S/C18H23N3/c1-15-7-9-17(10-8-15)12-14-21-18(19)20-13-11-16-5-3-2-4-6-16/h2-10H,11-14H2,1H3,(H3,19,20,21). The lowest BCUT2D eigenvalue weighted by atomic mass is 10.1. The van der Waals surface area contributed by atoms with Crippen LogP contribution in [0.5, 0.6) is 0 Å². The highest BCUT2D eigenvalue weighted by Crippen LogP contribution is 2.03. The second-order valence-electron chi connectivity index (χ2n) is 5.16. The number of nitrogens with one attached hydrogen (secondary N) is 1. The summed E-state index contributed by atoms with van der Waals surface area (Å²) in [6.45, 7) is 3.62. The highest BCUT2D eigenvalue weighted by atomic mass is 15.1. The van der Waals surface area contributed by atoms with E-state index in [1.807, 2.05) is 18.2 Å². The first-order valence-corrected chi connectivity index (χ1v) is 7.37. The molecule has 2 aromatic carbocycles. The zero-order valence-electron chi connectivity index (χ0n) is 12.5. The number of guanidine groups is 1. The molecule has 3 N–H and O–H groups in total. The SMILES string of the molecule is Cc1ccc(CCN=C(N)NCCc2ccccc2)cc1. The molecular formula is C18H23N3. The predicted octanol–water partition coefficient (Wildman–Crippen LogP) is 2.68. The third kappa shape index (κ3) is 5.69. The van der Waals surface area contributed by atoms with Gasteiger partial charge in [0.25, 0.3) is 0 Å². The molecule has 0 spiro atoms. The minimum Gasteiger partial charge on any atom is -0.370 e. The first-order chi connectivity index (χ1) is 10.2. The minimum absolute atomic E-state index is 0.526. The van der Waals surface area contributed by atoms with Gasteiger partial charge in [-0.3, -0.25) is 4.99 Å². The van der Waals surface area contributed by atoms with Gasteiger partial charge in [0.2, 0.25) is 0 Å². The highest BCUT2D eigenvalue weighted by Gasteiger charge is 1.95. The van der Waals surface area contributed by atoms with Crippen LogP contribution in [0, 0.1) is 6.92 Å². The van der Waals surface area contributed by atoms with E-state index in [9.17, 15) is 0 Å². The smallest absolute Gasteiger partial charge is 0.188 e. The topological polar surface area (TPSA) is 50.4 Å². The van der Waals surface area contributed by atoms with Crippen molar-refractivity contribution in [2.75, 3.05) is 13.1 Å². The number of hydrogen-bond donors (Lipinski definition) is 2. The van der Waals surface area contributed by atoms with Gasteiger partial charge in [0.15, 0.2) is 5.96 Å².